The van der Waals surface area contributed by atoms with Crippen molar-refractivity contribution in [2.45, 2.75) is 39.2 Å². The average molecular weight is 299 g/mol. The molecule has 0 N–H and O–H groups in total. The smallest absolute Gasteiger partial charge is 0.307 e. The van der Waals surface area contributed by atoms with Crippen LogP contribution >= 0.6 is 0 Å². The molecule has 1 aliphatic carbocycles. The number of hydrogen-bond acceptors (Lipinski definition) is 4. The lowest BCUT2D eigenvalue weighted by Gasteiger charge is -2.46. The third-order valence-corrected chi connectivity index (χ3v) is 4.27. The molecule has 2 rings (SSSR count). The monoisotopic (exact) mass is 299 g/mol. The molecule has 0 aromatic heterocycles. The number of ketones is 1. The number of hydrogen-bond donors (Lipinski definition) is 0. The molecule has 1 aromatic rings. The second-order valence-electron chi connectivity index (χ2n) is 5.09. The van der Waals surface area contributed by atoms with Crippen LogP contribution in [0.15, 0.2) is 12.1 Å². The molecular formula is C14H15F2NO4. The van der Waals surface area contributed by atoms with E-state index in [9.17, 15) is 23.7 Å². The van der Waals surface area contributed by atoms with E-state index < -0.39 is 39.5 Å². The van der Waals surface area contributed by atoms with Crippen molar-refractivity contribution < 1.29 is 23.2 Å². The van der Waals surface area contributed by atoms with Gasteiger partial charge in [0, 0.05) is 12.5 Å². The van der Waals surface area contributed by atoms with E-state index in [1.54, 1.807) is 0 Å². The average Bonchev–Trinajstić information content (AvgIpc) is 2.43. The van der Waals surface area contributed by atoms with Gasteiger partial charge in [0.15, 0.2) is 11.6 Å². The molecule has 0 aliphatic heterocycles. The van der Waals surface area contributed by atoms with Crippen molar-refractivity contribution in [2.24, 2.45) is 5.41 Å². The van der Waals surface area contributed by atoms with Gasteiger partial charge >= 0.3 is 5.69 Å². The Bertz CT molecular complexity index is 599. The molecule has 1 atom stereocenters. The highest BCUT2D eigenvalue weighted by Crippen LogP contribution is 2.46. The van der Waals surface area contributed by atoms with Crippen LogP contribution in [0.25, 0.3) is 0 Å². The molecule has 114 valence electrons. The Morgan fingerprint density at radius 3 is 2.43 bits per heavy atom. The van der Waals surface area contributed by atoms with Crippen LogP contribution in [-0.2, 0) is 4.79 Å². The molecule has 1 aliphatic rings. The molecule has 0 amide bonds. The van der Waals surface area contributed by atoms with Crippen molar-refractivity contribution in [1.29, 1.82) is 0 Å². The minimum atomic E-state index is -1.17. The summed E-state index contributed by atoms with van der Waals surface area (Å²) in [6.07, 6.45) is 0.698. The zero-order chi connectivity index (χ0) is 15.8. The quantitative estimate of drug-likeness (QED) is 0.617. The molecule has 0 spiro atoms. The van der Waals surface area contributed by atoms with Gasteiger partial charge in [-0.05, 0) is 12.8 Å². The normalized spacial score (nSPS) is 20.0. The largest absolute Gasteiger partial charge is 0.486 e. The summed E-state index contributed by atoms with van der Waals surface area (Å²) in [6.45, 7) is 3.67. The highest BCUT2D eigenvalue weighted by atomic mass is 19.1. The number of ether oxygens (including phenoxy) is 1. The minimum absolute atomic E-state index is 0.0419. The highest BCUT2D eigenvalue weighted by molar-refractivity contribution is 5.92. The van der Waals surface area contributed by atoms with E-state index in [1.165, 1.54) is 0 Å². The SMILES string of the molecule is CCC1(CC)C(=O)CC1Oc1cc(F)c([N+](=O)[O-])cc1F. The first-order valence-corrected chi connectivity index (χ1v) is 6.69. The van der Waals surface area contributed by atoms with Crippen molar-refractivity contribution >= 4 is 11.5 Å². The molecular weight excluding hydrogens is 284 g/mol. The third-order valence-electron chi connectivity index (χ3n) is 4.27. The Hall–Kier alpha value is -2.05. The van der Waals surface area contributed by atoms with Crippen molar-refractivity contribution in [3.05, 3.63) is 33.9 Å². The maximum absolute atomic E-state index is 13.8. The molecule has 0 heterocycles. The lowest BCUT2D eigenvalue weighted by molar-refractivity contribution is -0.387. The number of nitro groups is 1. The van der Waals surface area contributed by atoms with Crippen LogP contribution in [0.5, 0.6) is 5.75 Å². The summed E-state index contributed by atoms with van der Waals surface area (Å²) in [5.41, 5.74) is -1.62. The van der Waals surface area contributed by atoms with Crippen molar-refractivity contribution in [3.8, 4) is 5.75 Å². The molecule has 7 heteroatoms. The van der Waals surface area contributed by atoms with E-state index in [0.29, 0.717) is 25.0 Å². The molecule has 5 nitrogen and oxygen atoms in total. The molecule has 1 fully saturated rings. The lowest BCUT2D eigenvalue weighted by Crippen LogP contribution is -2.56. The number of benzene rings is 1. The van der Waals surface area contributed by atoms with Crippen LogP contribution in [0.4, 0.5) is 14.5 Å². The van der Waals surface area contributed by atoms with Crippen LogP contribution in [0.2, 0.25) is 0 Å². The predicted octanol–water partition coefficient (Wildman–Crippen LogP) is 3.40. The Morgan fingerprint density at radius 1 is 1.33 bits per heavy atom. The van der Waals surface area contributed by atoms with Gasteiger partial charge < -0.3 is 4.74 Å². The van der Waals surface area contributed by atoms with Gasteiger partial charge in [-0.1, -0.05) is 13.8 Å². The van der Waals surface area contributed by atoms with Crippen LogP contribution < -0.4 is 4.74 Å². The summed E-state index contributed by atoms with van der Waals surface area (Å²) in [7, 11) is 0. The summed E-state index contributed by atoms with van der Waals surface area (Å²) in [4.78, 5) is 21.3. The molecule has 1 aromatic carbocycles. The molecule has 0 bridgehead atoms. The Morgan fingerprint density at radius 2 is 1.95 bits per heavy atom. The predicted molar refractivity (Wildman–Crippen MR) is 70.1 cm³/mol. The van der Waals surface area contributed by atoms with Crippen LogP contribution in [-0.4, -0.2) is 16.8 Å². The zero-order valence-electron chi connectivity index (χ0n) is 11.7. The Balaban J connectivity index is 2.27. The fraction of sp³-hybridized carbons (Fsp3) is 0.500. The summed E-state index contributed by atoms with van der Waals surface area (Å²) in [6, 6.07) is 1.15. The zero-order valence-corrected chi connectivity index (χ0v) is 11.7. The standard InChI is InChI=1S/C14H15F2NO4/c1-3-14(4-2)12(18)7-13(14)21-11-6-8(15)10(17(19)20)5-9(11)16/h5-6,13H,3-4,7H2,1-2H3. The van der Waals surface area contributed by atoms with Crippen molar-refractivity contribution in [3.63, 3.8) is 0 Å². The topological polar surface area (TPSA) is 69.4 Å². The van der Waals surface area contributed by atoms with Gasteiger partial charge in [0.25, 0.3) is 0 Å². The van der Waals surface area contributed by atoms with Gasteiger partial charge in [-0.2, -0.15) is 4.39 Å². The third kappa shape index (κ3) is 2.36. The fourth-order valence-electron chi connectivity index (χ4n) is 2.77. The number of carbonyl (C=O) groups excluding carboxylic acids is 1. The van der Waals surface area contributed by atoms with E-state index >= 15 is 0 Å². The first-order valence-electron chi connectivity index (χ1n) is 6.69. The highest BCUT2D eigenvalue weighted by Gasteiger charge is 2.54. The Kier molecular flexibility index (Phi) is 3.93. The lowest BCUT2D eigenvalue weighted by atomic mass is 9.61. The summed E-state index contributed by atoms with van der Waals surface area (Å²) in [5, 5.41) is 10.5. The van der Waals surface area contributed by atoms with Crippen LogP contribution in [0.3, 0.4) is 0 Å². The molecule has 1 unspecified atom stereocenters. The van der Waals surface area contributed by atoms with Gasteiger partial charge in [0.1, 0.15) is 11.9 Å². The van der Waals surface area contributed by atoms with E-state index in [4.69, 9.17) is 4.74 Å². The number of rotatable bonds is 5. The van der Waals surface area contributed by atoms with Crippen LogP contribution in [0.1, 0.15) is 33.1 Å². The second kappa shape index (κ2) is 5.38. The number of Topliss-reactive ketones (excluding diaryl/α,β-unsaturated/α-hetero) is 1. The first-order chi connectivity index (χ1) is 9.85. The van der Waals surface area contributed by atoms with E-state index in [-0.39, 0.29) is 12.2 Å². The van der Waals surface area contributed by atoms with E-state index in [2.05, 4.69) is 0 Å². The molecule has 0 radical (unpaired) electrons. The second-order valence-corrected chi connectivity index (χ2v) is 5.09. The number of nitrogens with zero attached hydrogens (tertiary/aromatic N) is 1. The van der Waals surface area contributed by atoms with Gasteiger partial charge in [-0.25, -0.2) is 4.39 Å². The van der Waals surface area contributed by atoms with E-state index in [0.717, 1.165) is 0 Å². The van der Waals surface area contributed by atoms with Gasteiger partial charge in [-0.3, -0.25) is 14.9 Å². The summed E-state index contributed by atoms with van der Waals surface area (Å²) < 4.78 is 32.7. The number of carbonyl (C=O) groups is 1. The Labute approximate surface area is 120 Å². The van der Waals surface area contributed by atoms with Gasteiger partial charge in [-0.15, -0.1) is 0 Å². The summed E-state index contributed by atoms with van der Waals surface area (Å²) >= 11 is 0. The minimum Gasteiger partial charge on any atom is -0.486 e. The number of nitro benzene ring substituents is 1. The van der Waals surface area contributed by atoms with E-state index in [1.807, 2.05) is 13.8 Å². The molecule has 1 saturated carbocycles. The molecule has 21 heavy (non-hydrogen) atoms. The first kappa shape index (κ1) is 15.3. The fourth-order valence-corrected chi connectivity index (χ4v) is 2.77. The van der Waals surface area contributed by atoms with Crippen molar-refractivity contribution in [2.75, 3.05) is 0 Å². The number of halogens is 2. The van der Waals surface area contributed by atoms with Gasteiger partial charge in [0.2, 0.25) is 5.82 Å². The van der Waals surface area contributed by atoms with Crippen molar-refractivity contribution in [1.82, 2.24) is 0 Å². The van der Waals surface area contributed by atoms with Crippen LogP contribution in [0, 0.1) is 27.2 Å². The summed E-state index contributed by atoms with van der Waals surface area (Å²) in [5.74, 6) is -2.54. The maximum atomic E-state index is 13.8. The van der Waals surface area contributed by atoms with Gasteiger partial charge in [0.05, 0.1) is 16.4 Å². The molecule has 0 saturated heterocycles. The maximum Gasteiger partial charge on any atom is 0.307 e.